The van der Waals surface area contributed by atoms with Crippen LogP contribution in [0, 0.1) is 17.0 Å². The molecule has 2 amide bonds. The molecule has 12 heteroatoms. The smallest absolute Gasteiger partial charge is 0.271 e. The van der Waals surface area contributed by atoms with Gasteiger partial charge in [0.1, 0.15) is 12.6 Å². The van der Waals surface area contributed by atoms with Gasteiger partial charge in [0.25, 0.3) is 5.69 Å². The standard InChI is InChI=1S/C22H27ClN4O6S/c1-5-24-22(29)16(3)25(13-17-7-9-18(23)10-8-17)21(28)14-26(34(4,32)33)20-12-19(27(30)31)11-6-15(20)2/h6-12,16H,5,13-14H2,1-4H3,(H,24,29)/t16-/m0/s1. The molecule has 0 aliphatic rings. The molecule has 0 saturated carbocycles. The number of nitrogens with one attached hydrogen (secondary N) is 1. The number of hydrogen-bond acceptors (Lipinski definition) is 6. The first-order valence-corrected chi connectivity index (χ1v) is 12.6. The lowest BCUT2D eigenvalue weighted by molar-refractivity contribution is -0.384. The quantitative estimate of drug-likeness (QED) is 0.386. The van der Waals surface area contributed by atoms with Gasteiger partial charge in [0.2, 0.25) is 21.8 Å². The van der Waals surface area contributed by atoms with Gasteiger partial charge in [0.15, 0.2) is 0 Å². The molecule has 0 spiro atoms. The molecule has 1 atom stereocenters. The summed E-state index contributed by atoms with van der Waals surface area (Å²) < 4.78 is 26.0. The zero-order valence-electron chi connectivity index (χ0n) is 19.3. The molecule has 0 aliphatic heterocycles. The van der Waals surface area contributed by atoms with Crippen molar-refractivity contribution in [3.63, 3.8) is 0 Å². The number of halogens is 1. The van der Waals surface area contributed by atoms with E-state index in [2.05, 4.69) is 5.32 Å². The van der Waals surface area contributed by atoms with Crippen molar-refractivity contribution in [3.8, 4) is 0 Å². The summed E-state index contributed by atoms with van der Waals surface area (Å²) in [5, 5.41) is 14.4. The fraction of sp³-hybridized carbons (Fsp3) is 0.364. The minimum atomic E-state index is -4.00. The number of aryl methyl sites for hydroxylation is 1. The highest BCUT2D eigenvalue weighted by molar-refractivity contribution is 7.92. The fourth-order valence-electron chi connectivity index (χ4n) is 3.27. The number of anilines is 1. The topological polar surface area (TPSA) is 130 Å². The Hall–Kier alpha value is -3.18. The van der Waals surface area contributed by atoms with E-state index in [1.165, 1.54) is 17.0 Å². The van der Waals surface area contributed by atoms with Crippen LogP contribution in [0.5, 0.6) is 0 Å². The molecule has 0 aromatic heterocycles. The van der Waals surface area contributed by atoms with Gasteiger partial charge in [-0.3, -0.25) is 24.0 Å². The maximum Gasteiger partial charge on any atom is 0.271 e. The number of likely N-dealkylation sites (N-methyl/N-ethyl adjacent to an activating group) is 1. The zero-order valence-corrected chi connectivity index (χ0v) is 20.9. The van der Waals surface area contributed by atoms with Crippen LogP contribution >= 0.6 is 11.6 Å². The lowest BCUT2D eigenvalue weighted by Crippen LogP contribution is -2.51. The normalized spacial score (nSPS) is 12.0. The lowest BCUT2D eigenvalue weighted by Gasteiger charge is -2.31. The van der Waals surface area contributed by atoms with Crippen LogP contribution in [0.25, 0.3) is 0 Å². The first kappa shape index (κ1) is 27.1. The van der Waals surface area contributed by atoms with E-state index in [4.69, 9.17) is 11.6 Å². The predicted molar refractivity (Wildman–Crippen MR) is 130 cm³/mol. The van der Waals surface area contributed by atoms with Crippen molar-refractivity contribution in [1.82, 2.24) is 10.2 Å². The molecule has 2 rings (SSSR count). The molecule has 0 aliphatic carbocycles. The summed E-state index contributed by atoms with van der Waals surface area (Å²) in [4.78, 5) is 37.8. The van der Waals surface area contributed by atoms with E-state index in [1.807, 2.05) is 0 Å². The van der Waals surface area contributed by atoms with Gasteiger partial charge in [-0.05, 0) is 44.0 Å². The summed E-state index contributed by atoms with van der Waals surface area (Å²) in [6.07, 6.45) is 0.912. The molecule has 0 unspecified atom stereocenters. The van der Waals surface area contributed by atoms with E-state index in [-0.39, 0.29) is 17.9 Å². The molecule has 10 nitrogen and oxygen atoms in total. The maximum atomic E-state index is 13.4. The number of nitrogens with zero attached hydrogens (tertiary/aromatic N) is 3. The second-order valence-corrected chi connectivity index (χ2v) is 10.1. The Morgan fingerprint density at radius 1 is 1.18 bits per heavy atom. The van der Waals surface area contributed by atoms with Crippen molar-refractivity contribution in [3.05, 3.63) is 68.7 Å². The number of benzene rings is 2. The number of sulfonamides is 1. The van der Waals surface area contributed by atoms with E-state index in [0.717, 1.165) is 16.6 Å². The van der Waals surface area contributed by atoms with Crippen molar-refractivity contribution >= 4 is 44.8 Å². The number of rotatable bonds is 10. The Labute approximate surface area is 203 Å². The first-order chi connectivity index (χ1) is 15.8. The van der Waals surface area contributed by atoms with Crippen molar-refractivity contribution in [2.45, 2.75) is 33.4 Å². The third-order valence-corrected chi connectivity index (χ3v) is 6.51. The molecular formula is C22H27ClN4O6S. The van der Waals surface area contributed by atoms with Gasteiger partial charge in [0.05, 0.1) is 16.9 Å². The van der Waals surface area contributed by atoms with Gasteiger partial charge >= 0.3 is 0 Å². The van der Waals surface area contributed by atoms with Crippen molar-refractivity contribution in [2.75, 3.05) is 23.7 Å². The van der Waals surface area contributed by atoms with Crippen LogP contribution in [0.2, 0.25) is 5.02 Å². The lowest BCUT2D eigenvalue weighted by atomic mass is 10.1. The average molecular weight is 511 g/mol. The number of carbonyl (C=O) groups excluding carboxylic acids is 2. The van der Waals surface area contributed by atoms with Crippen molar-refractivity contribution < 1.29 is 22.9 Å². The van der Waals surface area contributed by atoms with Crippen LogP contribution in [0.1, 0.15) is 25.0 Å². The number of hydrogen-bond donors (Lipinski definition) is 1. The fourth-order valence-corrected chi connectivity index (χ4v) is 4.29. The Bertz CT molecular complexity index is 1170. The number of non-ortho nitro benzene ring substituents is 1. The Morgan fingerprint density at radius 2 is 1.79 bits per heavy atom. The number of nitro groups is 1. The number of carbonyl (C=O) groups is 2. The van der Waals surface area contributed by atoms with Gasteiger partial charge < -0.3 is 10.2 Å². The summed E-state index contributed by atoms with van der Waals surface area (Å²) in [6, 6.07) is 9.57. The largest absolute Gasteiger partial charge is 0.355 e. The highest BCUT2D eigenvalue weighted by atomic mass is 35.5. The minimum Gasteiger partial charge on any atom is -0.355 e. The molecule has 0 radical (unpaired) electrons. The van der Waals surface area contributed by atoms with Gasteiger partial charge in [-0.15, -0.1) is 0 Å². The summed E-state index contributed by atoms with van der Waals surface area (Å²) in [6.45, 7) is 4.62. The number of amides is 2. The van der Waals surface area contributed by atoms with Crippen LogP contribution in [-0.4, -0.2) is 55.4 Å². The molecule has 2 aromatic carbocycles. The van der Waals surface area contributed by atoms with Crippen LogP contribution < -0.4 is 9.62 Å². The molecule has 34 heavy (non-hydrogen) atoms. The molecule has 184 valence electrons. The second-order valence-electron chi connectivity index (χ2n) is 7.72. The molecule has 1 N–H and O–H groups in total. The van der Waals surface area contributed by atoms with Crippen molar-refractivity contribution in [1.29, 1.82) is 0 Å². The van der Waals surface area contributed by atoms with Crippen LogP contribution in [0.15, 0.2) is 42.5 Å². The molecule has 2 aromatic rings. The first-order valence-electron chi connectivity index (χ1n) is 10.4. The van der Waals surface area contributed by atoms with Crippen LogP contribution in [0.4, 0.5) is 11.4 Å². The van der Waals surface area contributed by atoms with Crippen LogP contribution in [0.3, 0.4) is 0 Å². The average Bonchev–Trinajstić information content (AvgIpc) is 2.76. The molecule has 0 fully saturated rings. The molecular weight excluding hydrogens is 484 g/mol. The maximum absolute atomic E-state index is 13.4. The third kappa shape index (κ3) is 6.91. The summed E-state index contributed by atoms with van der Waals surface area (Å²) in [5.41, 5.74) is 0.828. The predicted octanol–water partition coefficient (Wildman–Crippen LogP) is 2.88. The second kappa shape index (κ2) is 11.3. The van der Waals surface area contributed by atoms with Crippen LogP contribution in [-0.2, 0) is 26.2 Å². The highest BCUT2D eigenvalue weighted by Crippen LogP contribution is 2.28. The van der Waals surface area contributed by atoms with E-state index in [1.54, 1.807) is 45.0 Å². The van der Waals surface area contributed by atoms with E-state index in [0.29, 0.717) is 22.7 Å². The van der Waals surface area contributed by atoms with E-state index < -0.39 is 39.3 Å². The SMILES string of the molecule is CCNC(=O)[C@H](C)N(Cc1ccc(Cl)cc1)C(=O)CN(c1cc([N+](=O)[O-])ccc1C)S(C)(=O)=O. The van der Waals surface area contributed by atoms with E-state index in [9.17, 15) is 28.1 Å². The summed E-state index contributed by atoms with van der Waals surface area (Å²) in [5.74, 6) is -1.05. The Kier molecular flexibility index (Phi) is 9.00. The highest BCUT2D eigenvalue weighted by Gasteiger charge is 2.31. The molecule has 0 bridgehead atoms. The van der Waals surface area contributed by atoms with Gasteiger partial charge in [-0.1, -0.05) is 29.8 Å². The number of nitro benzene ring substituents is 1. The monoisotopic (exact) mass is 510 g/mol. The Balaban J connectivity index is 2.46. The van der Waals surface area contributed by atoms with Crippen molar-refractivity contribution in [2.24, 2.45) is 0 Å². The third-order valence-electron chi connectivity index (χ3n) is 5.14. The molecule has 0 saturated heterocycles. The van der Waals surface area contributed by atoms with Gasteiger partial charge in [-0.25, -0.2) is 8.42 Å². The van der Waals surface area contributed by atoms with Gasteiger partial charge in [-0.2, -0.15) is 0 Å². The minimum absolute atomic E-state index is 0.0159. The Morgan fingerprint density at radius 3 is 2.32 bits per heavy atom. The van der Waals surface area contributed by atoms with E-state index >= 15 is 0 Å². The zero-order chi connectivity index (χ0) is 25.6. The summed E-state index contributed by atoms with van der Waals surface area (Å²) in [7, 11) is -4.00. The molecule has 0 heterocycles. The van der Waals surface area contributed by atoms with Gasteiger partial charge in [0, 0.05) is 30.2 Å². The summed E-state index contributed by atoms with van der Waals surface area (Å²) >= 11 is 5.94.